The SMILES string of the molecule is CCn1c(=O)c2c(-c3ccc(O)cc3)nc3[nH]cc(C)c3c2c2ccc(N3CCCCC3)cc21. The summed E-state index contributed by atoms with van der Waals surface area (Å²) >= 11 is 0. The number of anilines is 1. The van der Waals surface area contributed by atoms with E-state index >= 15 is 0 Å². The summed E-state index contributed by atoms with van der Waals surface area (Å²) in [7, 11) is 0. The van der Waals surface area contributed by atoms with Crippen LogP contribution in [0.2, 0.25) is 0 Å². The standard InChI is InChI=1S/C28H28N4O2/c1-3-32-22-15-19(31-13-5-4-6-14-31)9-12-21(22)24-23-17(2)16-29-27(23)30-26(25(24)28(32)34)18-7-10-20(33)11-8-18/h7-12,15-16,33H,3-6,13-14H2,1-2H3,(H,29,30). The second-order valence-electron chi connectivity index (χ2n) is 9.25. The van der Waals surface area contributed by atoms with Gasteiger partial charge < -0.3 is 19.6 Å². The van der Waals surface area contributed by atoms with Crippen molar-refractivity contribution in [1.29, 1.82) is 0 Å². The molecule has 0 atom stereocenters. The Balaban J connectivity index is 1.76. The molecule has 1 saturated heterocycles. The number of phenolic OH excluding ortho intramolecular Hbond substituents is 1. The molecule has 2 aromatic carbocycles. The van der Waals surface area contributed by atoms with Crippen molar-refractivity contribution in [2.45, 2.75) is 39.7 Å². The number of pyridine rings is 2. The van der Waals surface area contributed by atoms with E-state index in [0.717, 1.165) is 51.5 Å². The second kappa shape index (κ2) is 7.90. The van der Waals surface area contributed by atoms with Gasteiger partial charge in [0.15, 0.2) is 0 Å². The first kappa shape index (κ1) is 20.8. The van der Waals surface area contributed by atoms with E-state index in [1.165, 1.54) is 24.9 Å². The maximum atomic E-state index is 14.0. The molecule has 0 aliphatic carbocycles. The topological polar surface area (TPSA) is 74.1 Å². The molecule has 0 spiro atoms. The molecule has 4 heterocycles. The Morgan fingerprint density at radius 3 is 2.50 bits per heavy atom. The molecule has 1 aliphatic heterocycles. The molecular weight excluding hydrogens is 424 g/mol. The fourth-order valence-corrected chi connectivity index (χ4v) is 5.49. The van der Waals surface area contributed by atoms with E-state index in [9.17, 15) is 9.90 Å². The fourth-order valence-electron chi connectivity index (χ4n) is 5.49. The zero-order valence-corrected chi connectivity index (χ0v) is 19.6. The lowest BCUT2D eigenvalue weighted by atomic mass is 9.97. The quantitative estimate of drug-likeness (QED) is 0.343. The maximum Gasteiger partial charge on any atom is 0.261 e. The zero-order valence-electron chi connectivity index (χ0n) is 19.6. The summed E-state index contributed by atoms with van der Waals surface area (Å²) < 4.78 is 1.88. The Hall–Kier alpha value is -3.80. The summed E-state index contributed by atoms with van der Waals surface area (Å²) in [5, 5.41) is 13.4. The Morgan fingerprint density at radius 2 is 1.76 bits per heavy atom. The molecule has 3 aromatic heterocycles. The summed E-state index contributed by atoms with van der Waals surface area (Å²) in [4.78, 5) is 24.7. The summed E-state index contributed by atoms with van der Waals surface area (Å²) in [6, 6.07) is 13.5. The molecule has 1 aliphatic rings. The number of nitrogens with one attached hydrogen (secondary N) is 1. The van der Waals surface area contributed by atoms with Crippen LogP contribution in [0.25, 0.3) is 44.0 Å². The first-order valence-corrected chi connectivity index (χ1v) is 12.1. The third kappa shape index (κ3) is 3.09. The minimum atomic E-state index is -0.0288. The molecule has 0 radical (unpaired) electrons. The average Bonchev–Trinajstić information content (AvgIpc) is 3.24. The summed E-state index contributed by atoms with van der Waals surface area (Å²) in [5.74, 6) is 0.187. The van der Waals surface area contributed by atoms with Crippen molar-refractivity contribution in [3.05, 3.63) is 64.6 Å². The van der Waals surface area contributed by atoms with Gasteiger partial charge in [0.25, 0.3) is 5.56 Å². The van der Waals surface area contributed by atoms with Gasteiger partial charge in [0.1, 0.15) is 11.4 Å². The number of aromatic amines is 1. The number of hydrogen-bond donors (Lipinski definition) is 2. The van der Waals surface area contributed by atoms with Crippen LogP contribution in [-0.2, 0) is 6.54 Å². The molecule has 34 heavy (non-hydrogen) atoms. The number of nitrogens with zero attached hydrogens (tertiary/aromatic N) is 3. The number of aromatic hydroxyl groups is 1. The van der Waals surface area contributed by atoms with Crippen LogP contribution in [-0.4, -0.2) is 32.7 Å². The monoisotopic (exact) mass is 452 g/mol. The minimum Gasteiger partial charge on any atom is -0.508 e. The number of phenols is 1. The molecule has 6 heteroatoms. The van der Waals surface area contributed by atoms with Gasteiger partial charge in [-0.3, -0.25) is 4.79 Å². The van der Waals surface area contributed by atoms with Crippen LogP contribution >= 0.6 is 0 Å². The largest absolute Gasteiger partial charge is 0.508 e. The van der Waals surface area contributed by atoms with E-state index in [4.69, 9.17) is 4.98 Å². The van der Waals surface area contributed by atoms with E-state index in [0.29, 0.717) is 17.6 Å². The molecule has 6 nitrogen and oxygen atoms in total. The first-order chi connectivity index (χ1) is 16.6. The molecule has 0 bridgehead atoms. The third-order valence-corrected chi connectivity index (χ3v) is 7.20. The fraction of sp³-hybridized carbons (Fsp3) is 0.286. The lowest BCUT2D eigenvalue weighted by Gasteiger charge is -2.29. The van der Waals surface area contributed by atoms with E-state index in [1.807, 2.05) is 29.8 Å². The van der Waals surface area contributed by atoms with Crippen molar-refractivity contribution in [2.75, 3.05) is 18.0 Å². The van der Waals surface area contributed by atoms with Gasteiger partial charge in [0.05, 0.1) is 16.6 Å². The molecule has 0 unspecified atom stereocenters. The molecule has 0 saturated carbocycles. The lowest BCUT2D eigenvalue weighted by Crippen LogP contribution is -2.29. The van der Waals surface area contributed by atoms with Crippen molar-refractivity contribution >= 4 is 38.4 Å². The van der Waals surface area contributed by atoms with Crippen LogP contribution in [0.5, 0.6) is 5.75 Å². The molecule has 172 valence electrons. The number of H-pyrrole nitrogens is 1. The number of rotatable bonds is 3. The van der Waals surface area contributed by atoms with E-state index < -0.39 is 0 Å². The van der Waals surface area contributed by atoms with Gasteiger partial charge in [-0.2, -0.15) is 0 Å². The molecule has 2 N–H and O–H groups in total. The highest BCUT2D eigenvalue weighted by Gasteiger charge is 2.21. The van der Waals surface area contributed by atoms with Crippen molar-refractivity contribution in [2.24, 2.45) is 0 Å². The molecule has 0 amide bonds. The van der Waals surface area contributed by atoms with Crippen molar-refractivity contribution in [3.8, 4) is 17.0 Å². The summed E-state index contributed by atoms with van der Waals surface area (Å²) in [6.07, 6.45) is 5.66. The van der Waals surface area contributed by atoms with Gasteiger partial charge in [-0.25, -0.2) is 4.98 Å². The predicted octanol–water partition coefficient (Wildman–Crippen LogP) is 5.72. The van der Waals surface area contributed by atoms with Crippen LogP contribution in [0.4, 0.5) is 5.69 Å². The number of aromatic nitrogens is 3. The van der Waals surface area contributed by atoms with Crippen LogP contribution in [0.15, 0.2) is 53.5 Å². The number of benzene rings is 2. The van der Waals surface area contributed by atoms with Crippen LogP contribution in [0, 0.1) is 6.92 Å². The summed E-state index contributed by atoms with van der Waals surface area (Å²) in [5.41, 5.74) is 5.40. The Bertz CT molecular complexity index is 1610. The zero-order chi connectivity index (χ0) is 23.4. The summed E-state index contributed by atoms with van der Waals surface area (Å²) in [6.45, 7) is 6.78. The van der Waals surface area contributed by atoms with Crippen LogP contribution in [0.1, 0.15) is 31.7 Å². The van der Waals surface area contributed by atoms with Gasteiger partial charge in [-0.05, 0) is 75.1 Å². The molecule has 1 fully saturated rings. The number of piperidine rings is 1. The van der Waals surface area contributed by atoms with Gasteiger partial charge in [0.2, 0.25) is 0 Å². The third-order valence-electron chi connectivity index (χ3n) is 7.20. The Morgan fingerprint density at radius 1 is 1.00 bits per heavy atom. The normalized spacial score (nSPS) is 14.5. The number of aryl methyl sites for hydroxylation is 2. The predicted molar refractivity (Wildman–Crippen MR) is 139 cm³/mol. The second-order valence-corrected chi connectivity index (χ2v) is 9.25. The van der Waals surface area contributed by atoms with Crippen molar-refractivity contribution in [1.82, 2.24) is 14.5 Å². The van der Waals surface area contributed by atoms with Crippen LogP contribution in [0.3, 0.4) is 0 Å². The molecule has 6 rings (SSSR count). The van der Waals surface area contributed by atoms with Gasteiger partial charge in [-0.15, -0.1) is 0 Å². The van der Waals surface area contributed by atoms with E-state index in [-0.39, 0.29) is 11.3 Å². The first-order valence-electron chi connectivity index (χ1n) is 12.1. The van der Waals surface area contributed by atoms with Gasteiger partial charge in [-0.1, -0.05) is 6.07 Å². The highest BCUT2D eigenvalue weighted by Crippen LogP contribution is 2.37. The Kier molecular flexibility index (Phi) is 4.83. The minimum absolute atomic E-state index is 0.0288. The van der Waals surface area contributed by atoms with E-state index in [1.54, 1.807) is 12.1 Å². The van der Waals surface area contributed by atoms with Gasteiger partial charge >= 0.3 is 0 Å². The smallest absolute Gasteiger partial charge is 0.261 e. The highest BCUT2D eigenvalue weighted by molar-refractivity contribution is 6.22. The Labute approximate surface area is 197 Å². The van der Waals surface area contributed by atoms with Crippen LogP contribution < -0.4 is 10.5 Å². The van der Waals surface area contributed by atoms with Gasteiger partial charge in [0, 0.05) is 53.2 Å². The molecular formula is C28H28N4O2. The number of hydrogen-bond acceptors (Lipinski definition) is 4. The molecule has 5 aromatic rings. The number of fused-ring (bicyclic) bond motifs is 5. The highest BCUT2D eigenvalue weighted by atomic mass is 16.3. The average molecular weight is 453 g/mol. The van der Waals surface area contributed by atoms with Crippen molar-refractivity contribution in [3.63, 3.8) is 0 Å². The van der Waals surface area contributed by atoms with Crippen molar-refractivity contribution < 1.29 is 5.11 Å². The lowest BCUT2D eigenvalue weighted by molar-refractivity contribution is 0.475. The maximum absolute atomic E-state index is 14.0. The van der Waals surface area contributed by atoms with E-state index in [2.05, 4.69) is 35.0 Å².